The molecule has 0 aromatic carbocycles. The first-order chi connectivity index (χ1) is 7.16. The van der Waals surface area contributed by atoms with Crippen molar-refractivity contribution in [2.45, 2.75) is 33.4 Å². The number of aryl methyl sites for hydroxylation is 2. The van der Waals surface area contributed by atoms with Crippen LogP contribution in [0.3, 0.4) is 0 Å². The summed E-state index contributed by atoms with van der Waals surface area (Å²) in [5.41, 5.74) is 1.52. The van der Waals surface area contributed by atoms with Gasteiger partial charge < -0.3 is 5.32 Å². The van der Waals surface area contributed by atoms with Gasteiger partial charge >= 0.3 is 0 Å². The minimum Gasteiger partial charge on any atom is -0.314 e. The van der Waals surface area contributed by atoms with Crippen LogP contribution in [0.4, 0.5) is 0 Å². The largest absolute Gasteiger partial charge is 0.314 e. The van der Waals surface area contributed by atoms with E-state index in [0.29, 0.717) is 6.04 Å². The summed E-state index contributed by atoms with van der Waals surface area (Å²) in [5, 5.41) is 3.43. The third-order valence-corrected chi connectivity index (χ3v) is 4.16. The quantitative estimate of drug-likeness (QED) is 0.828. The zero-order valence-corrected chi connectivity index (χ0v) is 10.7. The second kappa shape index (κ2) is 4.64. The van der Waals surface area contributed by atoms with Crippen LogP contribution in [-0.4, -0.2) is 30.6 Å². The fourth-order valence-corrected chi connectivity index (χ4v) is 3.12. The van der Waals surface area contributed by atoms with Gasteiger partial charge in [-0.3, -0.25) is 4.90 Å². The van der Waals surface area contributed by atoms with Crippen LogP contribution in [0.5, 0.6) is 0 Å². The van der Waals surface area contributed by atoms with E-state index in [2.05, 4.69) is 37.1 Å². The van der Waals surface area contributed by atoms with Crippen molar-refractivity contribution >= 4 is 11.3 Å². The van der Waals surface area contributed by atoms with Gasteiger partial charge in [0.25, 0.3) is 0 Å². The summed E-state index contributed by atoms with van der Waals surface area (Å²) in [5.74, 6) is 0. The number of nitrogens with zero attached hydrogens (tertiary/aromatic N) is 1. The Morgan fingerprint density at radius 1 is 1.53 bits per heavy atom. The molecule has 0 spiro atoms. The maximum atomic E-state index is 3.43. The summed E-state index contributed by atoms with van der Waals surface area (Å²) in [6, 6.07) is 3.01. The van der Waals surface area contributed by atoms with E-state index in [-0.39, 0.29) is 0 Å². The molecular weight excluding hydrogens is 204 g/mol. The van der Waals surface area contributed by atoms with Crippen molar-refractivity contribution in [1.29, 1.82) is 0 Å². The summed E-state index contributed by atoms with van der Waals surface area (Å²) in [6.45, 7) is 11.3. The Labute approximate surface area is 96.3 Å². The summed E-state index contributed by atoms with van der Waals surface area (Å²) >= 11 is 1.92. The molecule has 0 amide bonds. The molecule has 3 heteroatoms. The third-order valence-electron chi connectivity index (χ3n) is 3.16. The van der Waals surface area contributed by atoms with E-state index >= 15 is 0 Å². The highest BCUT2D eigenvalue weighted by Gasteiger charge is 2.18. The van der Waals surface area contributed by atoms with Gasteiger partial charge in [-0.15, -0.1) is 11.3 Å². The van der Waals surface area contributed by atoms with Crippen molar-refractivity contribution in [3.05, 3.63) is 21.4 Å². The third kappa shape index (κ3) is 2.60. The molecule has 1 aliphatic rings. The molecule has 1 atom stereocenters. The first-order valence-electron chi connectivity index (χ1n) is 5.67. The number of hydrogen-bond acceptors (Lipinski definition) is 3. The summed E-state index contributed by atoms with van der Waals surface area (Å²) < 4.78 is 0. The Kier molecular flexibility index (Phi) is 3.44. The average Bonchev–Trinajstić information content (AvgIpc) is 2.49. The van der Waals surface area contributed by atoms with Gasteiger partial charge in [-0.05, 0) is 32.4 Å². The molecule has 2 rings (SSSR count). The Bertz CT molecular complexity index is 332. The second-order valence-electron chi connectivity index (χ2n) is 4.46. The van der Waals surface area contributed by atoms with E-state index in [1.165, 1.54) is 21.9 Å². The molecule has 0 saturated carbocycles. The average molecular weight is 224 g/mol. The lowest BCUT2D eigenvalue weighted by atomic mass is 10.1. The van der Waals surface area contributed by atoms with Gasteiger partial charge in [0.05, 0.1) is 0 Å². The molecule has 2 nitrogen and oxygen atoms in total. The van der Waals surface area contributed by atoms with E-state index in [1.54, 1.807) is 0 Å². The van der Waals surface area contributed by atoms with Gasteiger partial charge in [0.15, 0.2) is 0 Å². The van der Waals surface area contributed by atoms with Gasteiger partial charge in [-0.25, -0.2) is 0 Å². The Morgan fingerprint density at radius 3 is 2.93 bits per heavy atom. The van der Waals surface area contributed by atoms with Crippen molar-refractivity contribution < 1.29 is 0 Å². The van der Waals surface area contributed by atoms with Gasteiger partial charge in [0, 0.05) is 42.0 Å². The summed E-state index contributed by atoms with van der Waals surface area (Å²) in [6.07, 6.45) is 0. The van der Waals surface area contributed by atoms with E-state index in [9.17, 15) is 0 Å². The smallest absolute Gasteiger partial charge is 0.0248 e. The van der Waals surface area contributed by atoms with Crippen LogP contribution >= 0.6 is 11.3 Å². The first kappa shape index (κ1) is 11.1. The van der Waals surface area contributed by atoms with Crippen molar-refractivity contribution in [2.75, 3.05) is 19.6 Å². The topological polar surface area (TPSA) is 15.3 Å². The number of rotatable bonds is 2. The van der Waals surface area contributed by atoms with Crippen LogP contribution in [-0.2, 0) is 6.54 Å². The molecule has 1 saturated heterocycles. The standard InChI is InChI=1S/C12H20N2S/c1-9-7-13-4-5-14(9)8-12-6-10(2)15-11(12)3/h6,9,13H,4-5,7-8H2,1-3H3/t9-/m1/s1. The normalized spacial score (nSPS) is 23.3. The number of hydrogen-bond donors (Lipinski definition) is 1. The minimum absolute atomic E-state index is 0.665. The SMILES string of the molecule is Cc1cc(CN2CCNC[C@H]2C)c(C)s1. The van der Waals surface area contributed by atoms with Crippen LogP contribution in [0.1, 0.15) is 22.2 Å². The molecule has 0 aliphatic carbocycles. The van der Waals surface area contributed by atoms with E-state index in [0.717, 1.165) is 19.6 Å². The van der Waals surface area contributed by atoms with E-state index < -0.39 is 0 Å². The minimum atomic E-state index is 0.665. The molecule has 84 valence electrons. The first-order valence-corrected chi connectivity index (χ1v) is 6.49. The van der Waals surface area contributed by atoms with Crippen LogP contribution in [0.2, 0.25) is 0 Å². The monoisotopic (exact) mass is 224 g/mol. The molecule has 15 heavy (non-hydrogen) atoms. The highest BCUT2D eigenvalue weighted by atomic mass is 32.1. The molecule has 0 unspecified atom stereocenters. The molecule has 0 radical (unpaired) electrons. The van der Waals surface area contributed by atoms with Crippen molar-refractivity contribution in [3.8, 4) is 0 Å². The Morgan fingerprint density at radius 2 is 2.33 bits per heavy atom. The molecule has 1 aliphatic heterocycles. The number of piperazine rings is 1. The van der Waals surface area contributed by atoms with E-state index in [4.69, 9.17) is 0 Å². The summed E-state index contributed by atoms with van der Waals surface area (Å²) in [4.78, 5) is 5.49. The van der Waals surface area contributed by atoms with Gasteiger partial charge in [0.1, 0.15) is 0 Å². The summed E-state index contributed by atoms with van der Waals surface area (Å²) in [7, 11) is 0. The van der Waals surface area contributed by atoms with Crippen molar-refractivity contribution in [2.24, 2.45) is 0 Å². The molecule has 0 bridgehead atoms. The van der Waals surface area contributed by atoms with Crippen molar-refractivity contribution in [3.63, 3.8) is 0 Å². The predicted molar refractivity (Wildman–Crippen MR) is 66.5 cm³/mol. The van der Waals surface area contributed by atoms with Crippen LogP contribution < -0.4 is 5.32 Å². The van der Waals surface area contributed by atoms with E-state index in [1.807, 2.05) is 11.3 Å². The maximum Gasteiger partial charge on any atom is 0.0248 e. The van der Waals surface area contributed by atoms with Gasteiger partial charge in [0.2, 0.25) is 0 Å². The zero-order chi connectivity index (χ0) is 10.8. The fourth-order valence-electron chi connectivity index (χ4n) is 2.18. The van der Waals surface area contributed by atoms with Gasteiger partial charge in [-0.2, -0.15) is 0 Å². The Balaban J connectivity index is 2.04. The number of thiophene rings is 1. The predicted octanol–water partition coefficient (Wildman–Crippen LogP) is 2.16. The van der Waals surface area contributed by atoms with Gasteiger partial charge in [-0.1, -0.05) is 0 Å². The highest BCUT2D eigenvalue weighted by Crippen LogP contribution is 2.22. The highest BCUT2D eigenvalue weighted by molar-refractivity contribution is 7.12. The lowest BCUT2D eigenvalue weighted by Gasteiger charge is -2.33. The van der Waals surface area contributed by atoms with Crippen LogP contribution in [0, 0.1) is 13.8 Å². The lowest BCUT2D eigenvalue weighted by Crippen LogP contribution is -2.49. The second-order valence-corrected chi connectivity index (χ2v) is 5.92. The van der Waals surface area contributed by atoms with Crippen LogP contribution in [0.15, 0.2) is 6.07 Å². The lowest BCUT2D eigenvalue weighted by molar-refractivity contribution is 0.165. The molecule has 2 heterocycles. The Hall–Kier alpha value is -0.380. The fraction of sp³-hybridized carbons (Fsp3) is 0.667. The maximum absolute atomic E-state index is 3.43. The van der Waals surface area contributed by atoms with Crippen molar-refractivity contribution in [1.82, 2.24) is 10.2 Å². The molecule has 1 N–H and O–H groups in total. The van der Waals surface area contributed by atoms with Crippen LogP contribution in [0.25, 0.3) is 0 Å². The molecular formula is C12H20N2S. The molecule has 1 aromatic heterocycles. The molecule has 1 aromatic rings. The number of nitrogens with one attached hydrogen (secondary N) is 1. The zero-order valence-electron chi connectivity index (χ0n) is 9.84. The molecule has 1 fully saturated rings.